The van der Waals surface area contributed by atoms with E-state index in [4.69, 9.17) is 0 Å². The van der Waals surface area contributed by atoms with Crippen molar-refractivity contribution in [1.29, 1.82) is 0 Å². The molecule has 2 atom stereocenters. The Balaban J connectivity index is 1.61. The number of nitrogens with one attached hydrogen (secondary N) is 2. The molecule has 1 aromatic heterocycles. The smallest absolute Gasteiger partial charge is 0.358 e. The average molecular weight is 484 g/mol. The molecule has 0 radical (unpaired) electrons. The predicted octanol–water partition coefficient (Wildman–Crippen LogP) is 6.07. The number of halogens is 3. The summed E-state index contributed by atoms with van der Waals surface area (Å²) >= 11 is 1.54. The van der Waals surface area contributed by atoms with Gasteiger partial charge in [0.1, 0.15) is 6.04 Å². The molecule has 4 aromatic rings. The number of aromatic nitrogens is 1. The van der Waals surface area contributed by atoms with Gasteiger partial charge < -0.3 is 5.32 Å². The number of hydrogen-bond acceptors (Lipinski definition) is 4. The van der Waals surface area contributed by atoms with Crippen molar-refractivity contribution < 1.29 is 18.0 Å². The third kappa shape index (κ3) is 5.63. The predicted molar refractivity (Wildman–Crippen MR) is 129 cm³/mol. The molecule has 0 spiro atoms. The summed E-state index contributed by atoms with van der Waals surface area (Å²) in [5.74, 6) is -0.162. The maximum Gasteiger partial charge on any atom is 0.416 e. The zero-order valence-corrected chi connectivity index (χ0v) is 19.3. The number of benzene rings is 3. The number of fused-ring (bicyclic) bond motifs is 1. The second-order valence-electron chi connectivity index (χ2n) is 7.99. The summed E-state index contributed by atoms with van der Waals surface area (Å²) < 4.78 is 39.8. The first-order valence-corrected chi connectivity index (χ1v) is 11.7. The van der Waals surface area contributed by atoms with E-state index < -0.39 is 17.8 Å². The van der Waals surface area contributed by atoms with Gasteiger partial charge in [-0.3, -0.25) is 10.1 Å². The van der Waals surface area contributed by atoms with Crippen molar-refractivity contribution in [1.82, 2.24) is 15.6 Å². The zero-order chi connectivity index (χ0) is 24.1. The molecule has 1 amide bonds. The molecule has 0 fully saturated rings. The number of nitrogens with zero attached hydrogens (tertiary/aromatic N) is 1. The minimum absolute atomic E-state index is 0.162. The molecular weight excluding hydrogens is 459 g/mol. The van der Waals surface area contributed by atoms with Gasteiger partial charge in [-0.2, -0.15) is 13.2 Å². The summed E-state index contributed by atoms with van der Waals surface area (Å²) in [6.07, 6.45) is -3.22. The van der Waals surface area contributed by atoms with E-state index >= 15 is 0 Å². The van der Waals surface area contributed by atoms with Crippen molar-refractivity contribution in [3.63, 3.8) is 0 Å². The summed E-state index contributed by atoms with van der Waals surface area (Å²) in [4.78, 5) is 17.1. The molecular formula is C26H24F3N3OS. The fraction of sp³-hybridized carbons (Fsp3) is 0.231. The van der Waals surface area contributed by atoms with Crippen molar-refractivity contribution in [3.05, 3.63) is 101 Å². The lowest BCUT2D eigenvalue weighted by Gasteiger charge is -2.26. The Hall–Kier alpha value is -3.23. The normalized spacial score (nSPS) is 13.5. The van der Waals surface area contributed by atoms with Crippen molar-refractivity contribution in [2.45, 2.75) is 31.1 Å². The topological polar surface area (TPSA) is 54.0 Å². The van der Waals surface area contributed by atoms with Crippen LogP contribution in [-0.2, 0) is 17.4 Å². The highest BCUT2D eigenvalue weighted by molar-refractivity contribution is 7.16. The molecule has 34 heavy (non-hydrogen) atoms. The summed E-state index contributed by atoms with van der Waals surface area (Å²) in [6.45, 7) is 0. The van der Waals surface area contributed by atoms with Crippen LogP contribution >= 0.6 is 11.3 Å². The Morgan fingerprint density at radius 1 is 1.00 bits per heavy atom. The molecule has 0 bridgehead atoms. The first-order valence-electron chi connectivity index (χ1n) is 10.9. The van der Waals surface area contributed by atoms with E-state index in [2.05, 4.69) is 21.7 Å². The van der Waals surface area contributed by atoms with Crippen LogP contribution in [0.2, 0.25) is 0 Å². The average Bonchev–Trinajstić information content (AvgIpc) is 3.32. The van der Waals surface area contributed by atoms with Crippen molar-refractivity contribution >= 4 is 27.5 Å². The number of hydrogen-bond donors (Lipinski definition) is 2. The Labute approximate surface area is 199 Å². The minimum Gasteiger partial charge on any atom is -0.358 e. The molecule has 0 aliphatic heterocycles. The highest BCUT2D eigenvalue weighted by Gasteiger charge is 2.30. The van der Waals surface area contributed by atoms with Gasteiger partial charge >= 0.3 is 6.18 Å². The summed E-state index contributed by atoms with van der Waals surface area (Å²) in [5.41, 5.74) is 4.66. The number of carbonyl (C=O) groups excluding carboxylic acids is 1. The van der Waals surface area contributed by atoms with Crippen LogP contribution in [0.5, 0.6) is 0 Å². The molecule has 1 heterocycles. The van der Waals surface area contributed by atoms with Crippen LogP contribution in [-0.4, -0.2) is 17.9 Å². The van der Waals surface area contributed by atoms with Gasteiger partial charge in [-0.1, -0.05) is 48.5 Å². The van der Waals surface area contributed by atoms with E-state index in [9.17, 15) is 18.0 Å². The second-order valence-corrected chi connectivity index (χ2v) is 8.88. The van der Waals surface area contributed by atoms with Crippen LogP contribution in [0.15, 0.2) is 78.3 Å². The molecule has 0 saturated heterocycles. The van der Waals surface area contributed by atoms with E-state index in [1.165, 1.54) is 23.5 Å². The molecule has 8 heteroatoms. The van der Waals surface area contributed by atoms with E-state index in [1.54, 1.807) is 12.6 Å². The second kappa shape index (κ2) is 10.4. The first kappa shape index (κ1) is 23.9. The van der Waals surface area contributed by atoms with E-state index in [0.717, 1.165) is 39.0 Å². The highest BCUT2D eigenvalue weighted by atomic mass is 32.1. The van der Waals surface area contributed by atoms with Gasteiger partial charge in [0.15, 0.2) is 0 Å². The standard InChI is InChI=1S/C26H24F3N3OS/c1-30-25(33)24(18-5-3-2-4-6-18)32-21(19-10-14-22-23(15-19)34-16-31-22)13-9-17-7-11-20(12-8-17)26(27,28)29/h2-8,10-12,14-16,21,24,32H,9,13H2,1H3,(H,30,33)/t21-,24+/m1/s1. The number of likely N-dealkylation sites (N-methyl/N-ethyl adjacent to an activating group) is 1. The minimum atomic E-state index is -4.36. The molecule has 3 aromatic carbocycles. The van der Waals surface area contributed by atoms with E-state index in [1.807, 2.05) is 42.5 Å². The zero-order valence-electron chi connectivity index (χ0n) is 18.5. The Bertz CT molecular complexity index is 1240. The van der Waals surface area contributed by atoms with Gasteiger partial charge in [0.05, 0.1) is 21.3 Å². The third-order valence-electron chi connectivity index (χ3n) is 5.77. The van der Waals surface area contributed by atoms with Gasteiger partial charge in [-0.25, -0.2) is 4.98 Å². The quantitative estimate of drug-likeness (QED) is 0.320. The van der Waals surface area contributed by atoms with Crippen LogP contribution in [0.1, 0.15) is 40.8 Å². The molecule has 176 valence electrons. The largest absolute Gasteiger partial charge is 0.416 e. The molecule has 0 saturated carbocycles. The third-order valence-corrected chi connectivity index (χ3v) is 6.56. The number of aryl methyl sites for hydroxylation is 1. The molecule has 0 unspecified atom stereocenters. The van der Waals surface area contributed by atoms with Crippen molar-refractivity contribution in [2.24, 2.45) is 0 Å². The molecule has 0 aliphatic rings. The summed E-state index contributed by atoms with van der Waals surface area (Å²) in [5, 5.41) is 6.22. The van der Waals surface area contributed by atoms with Gasteiger partial charge in [0.2, 0.25) is 5.91 Å². The van der Waals surface area contributed by atoms with Crippen LogP contribution in [0.4, 0.5) is 13.2 Å². The molecule has 4 rings (SSSR count). The number of thiazole rings is 1. The first-order chi connectivity index (χ1) is 16.3. The molecule has 4 nitrogen and oxygen atoms in total. The fourth-order valence-electron chi connectivity index (χ4n) is 3.92. The SMILES string of the molecule is CNC(=O)[C@@H](N[C@H](CCc1ccc(C(F)(F)F)cc1)c1ccc2ncsc2c1)c1ccccc1. The van der Waals surface area contributed by atoms with Crippen LogP contribution in [0.3, 0.4) is 0 Å². The van der Waals surface area contributed by atoms with Crippen molar-refractivity contribution in [3.8, 4) is 0 Å². The number of rotatable bonds is 8. The lowest BCUT2D eigenvalue weighted by molar-refractivity contribution is -0.137. The number of carbonyl (C=O) groups is 1. The maximum absolute atomic E-state index is 12.9. The lowest BCUT2D eigenvalue weighted by Crippen LogP contribution is -2.38. The van der Waals surface area contributed by atoms with Crippen LogP contribution < -0.4 is 10.6 Å². The van der Waals surface area contributed by atoms with Gasteiger partial charge in [-0.15, -0.1) is 11.3 Å². The van der Waals surface area contributed by atoms with E-state index in [0.29, 0.717) is 12.8 Å². The van der Waals surface area contributed by atoms with Crippen LogP contribution in [0.25, 0.3) is 10.2 Å². The molecule has 0 aliphatic carbocycles. The van der Waals surface area contributed by atoms with Crippen molar-refractivity contribution in [2.75, 3.05) is 7.05 Å². The summed E-state index contributed by atoms with van der Waals surface area (Å²) in [6, 6.07) is 19.9. The monoisotopic (exact) mass is 483 g/mol. The Kier molecular flexibility index (Phi) is 7.29. The Morgan fingerprint density at radius 3 is 2.41 bits per heavy atom. The Morgan fingerprint density at radius 2 is 1.74 bits per heavy atom. The molecule has 2 N–H and O–H groups in total. The van der Waals surface area contributed by atoms with E-state index in [-0.39, 0.29) is 11.9 Å². The van der Waals surface area contributed by atoms with Gasteiger partial charge in [-0.05, 0) is 53.8 Å². The van der Waals surface area contributed by atoms with Crippen LogP contribution in [0, 0.1) is 0 Å². The summed E-state index contributed by atoms with van der Waals surface area (Å²) in [7, 11) is 1.60. The maximum atomic E-state index is 12.9. The highest BCUT2D eigenvalue weighted by Crippen LogP contribution is 2.31. The lowest BCUT2D eigenvalue weighted by atomic mass is 9.96. The van der Waals surface area contributed by atoms with Gasteiger partial charge in [0, 0.05) is 13.1 Å². The number of amides is 1. The van der Waals surface area contributed by atoms with Gasteiger partial charge in [0.25, 0.3) is 0 Å². The number of alkyl halides is 3. The fourth-order valence-corrected chi connectivity index (χ4v) is 4.65.